The van der Waals surface area contributed by atoms with Gasteiger partial charge in [0.2, 0.25) is 0 Å². The average Bonchev–Trinajstić information content (AvgIpc) is 2.87. The number of rotatable bonds is 3. The fourth-order valence-electron chi connectivity index (χ4n) is 2.52. The summed E-state index contributed by atoms with van der Waals surface area (Å²) in [4.78, 5) is 10.7. The highest BCUT2D eigenvalue weighted by Gasteiger charge is 2.52. The molecule has 108 valence electrons. The first-order chi connectivity index (χ1) is 9.09. The van der Waals surface area contributed by atoms with Crippen LogP contribution in [0.5, 0.6) is 0 Å². The molecule has 3 heterocycles. The van der Waals surface area contributed by atoms with Crippen LogP contribution >= 0.6 is 0 Å². The number of fused-ring (bicyclic) bond motifs is 1. The van der Waals surface area contributed by atoms with E-state index in [4.69, 9.17) is 23.7 Å². The van der Waals surface area contributed by atoms with Crippen molar-refractivity contribution in [2.45, 2.75) is 44.4 Å². The smallest absolute Gasteiger partial charge is 0.189 e. The predicted octanol–water partition coefficient (Wildman–Crippen LogP) is 0.219. The Balaban J connectivity index is 1.62. The van der Waals surface area contributed by atoms with Crippen LogP contribution in [0, 0.1) is 4.91 Å². The van der Waals surface area contributed by atoms with E-state index in [0.717, 1.165) is 0 Å². The zero-order chi connectivity index (χ0) is 13.5. The van der Waals surface area contributed by atoms with Gasteiger partial charge in [-0.1, -0.05) is 0 Å². The molecule has 2 unspecified atom stereocenters. The highest BCUT2D eigenvalue weighted by Crippen LogP contribution is 2.36. The maximum absolute atomic E-state index is 10.7. The van der Waals surface area contributed by atoms with Crippen LogP contribution in [0.25, 0.3) is 0 Å². The molecule has 3 aliphatic heterocycles. The highest BCUT2D eigenvalue weighted by atomic mass is 16.8. The van der Waals surface area contributed by atoms with Crippen molar-refractivity contribution in [1.82, 2.24) is 5.01 Å². The molecular weight excluding hydrogens is 256 g/mol. The Kier molecular flexibility index (Phi) is 3.44. The van der Waals surface area contributed by atoms with E-state index < -0.39 is 18.3 Å². The van der Waals surface area contributed by atoms with E-state index >= 15 is 0 Å². The summed E-state index contributed by atoms with van der Waals surface area (Å²) < 4.78 is 28.0. The Morgan fingerprint density at radius 2 is 2.16 bits per heavy atom. The molecule has 0 aliphatic carbocycles. The van der Waals surface area contributed by atoms with Crippen molar-refractivity contribution in [3.63, 3.8) is 0 Å². The summed E-state index contributed by atoms with van der Waals surface area (Å²) in [6.07, 6.45) is -1.48. The SMILES string of the molecule is CC1(C)OC2[C@@H](OC[C@H]2OC2COCCN2N=O)O1. The largest absolute Gasteiger partial charge is 0.375 e. The molecule has 0 saturated carbocycles. The van der Waals surface area contributed by atoms with Crippen molar-refractivity contribution < 1.29 is 23.7 Å². The Labute approximate surface area is 110 Å². The standard InChI is InChI=1S/C11H18N2O6/c1-11(2)18-9-7(5-16-10(9)19-11)17-8-6-15-4-3-13(8)12-14/h7-10H,3-6H2,1-2H3/t7-,8?,9?,10+/m1/s1. The number of morpholine rings is 1. The minimum Gasteiger partial charge on any atom is -0.375 e. The Morgan fingerprint density at radius 1 is 1.32 bits per heavy atom. The van der Waals surface area contributed by atoms with Gasteiger partial charge in [-0.25, -0.2) is 5.01 Å². The van der Waals surface area contributed by atoms with E-state index in [0.29, 0.717) is 26.4 Å². The molecule has 0 amide bonds. The third-order valence-corrected chi connectivity index (χ3v) is 3.37. The first-order valence-corrected chi connectivity index (χ1v) is 6.39. The molecule has 0 radical (unpaired) electrons. The molecule has 0 aromatic rings. The normalized spacial score (nSPS) is 41.3. The molecule has 3 fully saturated rings. The highest BCUT2D eigenvalue weighted by molar-refractivity contribution is 4.88. The maximum atomic E-state index is 10.7. The van der Waals surface area contributed by atoms with Gasteiger partial charge in [0.25, 0.3) is 0 Å². The summed E-state index contributed by atoms with van der Waals surface area (Å²) in [5.41, 5.74) is 0. The zero-order valence-corrected chi connectivity index (χ0v) is 11.0. The molecule has 0 N–H and O–H groups in total. The number of nitroso groups, excluding NO2 is 1. The van der Waals surface area contributed by atoms with E-state index in [1.807, 2.05) is 13.8 Å². The van der Waals surface area contributed by atoms with E-state index in [2.05, 4.69) is 5.29 Å². The lowest BCUT2D eigenvalue weighted by Gasteiger charge is -2.33. The van der Waals surface area contributed by atoms with Gasteiger partial charge in [0, 0.05) is 0 Å². The zero-order valence-electron chi connectivity index (χ0n) is 11.0. The molecule has 3 aliphatic rings. The maximum Gasteiger partial charge on any atom is 0.189 e. The van der Waals surface area contributed by atoms with Crippen molar-refractivity contribution in [1.29, 1.82) is 0 Å². The van der Waals surface area contributed by atoms with Gasteiger partial charge in [-0.3, -0.25) is 0 Å². The second kappa shape index (κ2) is 4.95. The van der Waals surface area contributed by atoms with Crippen molar-refractivity contribution >= 4 is 0 Å². The first-order valence-electron chi connectivity index (χ1n) is 6.39. The van der Waals surface area contributed by atoms with Gasteiger partial charge < -0.3 is 23.7 Å². The third kappa shape index (κ3) is 2.59. The lowest BCUT2D eigenvalue weighted by Crippen LogP contribution is -2.47. The third-order valence-electron chi connectivity index (χ3n) is 3.37. The van der Waals surface area contributed by atoms with E-state index in [9.17, 15) is 4.91 Å². The summed E-state index contributed by atoms with van der Waals surface area (Å²) in [5.74, 6) is -0.678. The predicted molar refractivity (Wildman–Crippen MR) is 61.8 cm³/mol. The van der Waals surface area contributed by atoms with Crippen LogP contribution in [-0.4, -0.2) is 61.9 Å². The number of nitrogens with zero attached hydrogens (tertiary/aromatic N) is 2. The molecule has 0 aromatic carbocycles. The van der Waals surface area contributed by atoms with Gasteiger partial charge in [-0.05, 0) is 13.8 Å². The summed E-state index contributed by atoms with van der Waals surface area (Å²) >= 11 is 0. The molecule has 3 saturated heterocycles. The Bertz CT molecular complexity index is 352. The topological polar surface area (TPSA) is 78.8 Å². The lowest BCUT2D eigenvalue weighted by molar-refractivity contribution is -0.220. The molecule has 3 rings (SSSR count). The quantitative estimate of drug-likeness (QED) is 0.681. The molecule has 19 heavy (non-hydrogen) atoms. The molecule has 8 nitrogen and oxygen atoms in total. The fourth-order valence-corrected chi connectivity index (χ4v) is 2.52. The van der Waals surface area contributed by atoms with Gasteiger partial charge in [-0.2, -0.15) is 0 Å². The molecule has 8 heteroatoms. The van der Waals surface area contributed by atoms with Crippen LogP contribution in [0.15, 0.2) is 5.29 Å². The Hall–Kier alpha value is -0.800. The van der Waals surface area contributed by atoms with Gasteiger partial charge in [0.1, 0.15) is 12.2 Å². The van der Waals surface area contributed by atoms with Crippen molar-refractivity contribution in [2.24, 2.45) is 5.29 Å². The first kappa shape index (κ1) is 13.2. The summed E-state index contributed by atoms with van der Waals surface area (Å²) in [6, 6.07) is 0. The minimum absolute atomic E-state index is 0.287. The average molecular weight is 274 g/mol. The Morgan fingerprint density at radius 3 is 2.95 bits per heavy atom. The molecule has 0 spiro atoms. The van der Waals surface area contributed by atoms with Crippen LogP contribution < -0.4 is 0 Å². The summed E-state index contributed by atoms with van der Waals surface area (Å²) in [6.45, 7) is 5.24. The molecule has 0 bridgehead atoms. The summed E-state index contributed by atoms with van der Waals surface area (Å²) in [7, 11) is 0. The molecular formula is C11H18N2O6. The van der Waals surface area contributed by atoms with Crippen molar-refractivity contribution in [3.05, 3.63) is 4.91 Å². The molecule has 0 aromatic heterocycles. The van der Waals surface area contributed by atoms with Crippen molar-refractivity contribution in [2.75, 3.05) is 26.4 Å². The number of hydrogen-bond acceptors (Lipinski definition) is 7. The van der Waals surface area contributed by atoms with Crippen LogP contribution in [0.4, 0.5) is 0 Å². The van der Waals surface area contributed by atoms with Gasteiger partial charge >= 0.3 is 0 Å². The van der Waals surface area contributed by atoms with Crippen LogP contribution in [0.3, 0.4) is 0 Å². The van der Waals surface area contributed by atoms with E-state index in [-0.39, 0.29) is 12.2 Å². The second-order valence-electron chi connectivity index (χ2n) is 5.25. The summed E-state index contributed by atoms with van der Waals surface area (Å²) in [5, 5.41) is 4.30. The van der Waals surface area contributed by atoms with Crippen molar-refractivity contribution in [3.8, 4) is 0 Å². The second-order valence-corrected chi connectivity index (χ2v) is 5.25. The molecule has 4 atom stereocenters. The van der Waals surface area contributed by atoms with E-state index in [1.54, 1.807) is 0 Å². The monoisotopic (exact) mass is 274 g/mol. The number of hydrogen-bond donors (Lipinski definition) is 0. The van der Waals surface area contributed by atoms with Gasteiger partial charge in [0.15, 0.2) is 18.3 Å². The van der Waals surface area contributed by atoms with Crippen LogP contribution in [-0.2, 0) is 23.7 Å². The van der Waals surface area contributed by atoms with Crippen LogP contribution in [0.1, 0.15) is 13.8 Å². The van der Waals surface area contributed by atoms with Crippen LogP contribution in [0.2, 0.25) is 0 Å². The number of ether oxygens (including phenoxy) is 5. The van der Waals surface area contributed by atoms with Gasteiger partial charge in [-0.15, -0.1) is 4.91 Å². The fraction of sp³-hybridized carbons (Fsp3) is 1.00. The minimum atomic E-state index is -0.678. The van der Waals surface area contributed by atoms with E-state index in [1.165, 1.54) is 5.01 Å². The lowest BCUT2D eigenvalue weighted by atomic mass is 10.2. The van der Waals surface area contributed by atoms with Gasteiger partial charge in [0.05, 0.1) is 31.7 Å².